The van der Waals surface area contributed by atoms with Crippen LogP contribution in [0.15, 0.2) is 52.5 Å². The summed E-state index contributed by atoms with van der Waals surface area (Å²) < 4.78 is 20.3. The highest BCUT2D eigenvalue weighted by atomic mass is 32.1. The van der Waals surface area contributed by atoms with E-state index in [9.17, 15) is 9.18 Å². The smallest absolute Gasteiger partial charge is 0.280 e. The lowest BCUT2D eigenvalue weighted by atomic mass is 10.2. The predicted molar refractivity (Wildman–Crippen MR) is 95.4 cm³/mol. The molecule has 4 aromatic rings. The first-order chi connectivity index (χ1) is 13.2. The Morgan fingerprint density at radius 3 is 2.96 bits per heavy atom. The second-order valence-corrected chi connectivity index (χ2v) is 6.45. The maximum atomic E-state index is 13.6. The molecule has 0 saturated heterocycles. The van der Waals surface area contributed by atoms with Crippen molar-refractivity contribution in [2.24, 2.45) is 0 Å². The zero-order chi connectivity index (χ0) is 18.6. The zero-order valence-electron chi connectivity index (χ0n) is 13.9. The number of carbonyl (C=O) groups is 1. The summed E-state index contributed by atoms with van der Waals surface area (Å²) in [5.41, 5.74) is 0.439. The molecule has 0 radical (unpaired) electrons. The van der Waals surface area contributed by atoms with Gasteiger partial charge in [0, 0.05) is 6.54 Å². The largest absolute Gasteiger partial charge is 0.350 e. The van der Waals surface area contributed by atoms with Crippen molar-refractivity contribution in [1.29, 1.82) is 0 Å². The molecule has 0 atom stereocenters. The summed E-state index contributed by atoms with van der Waals surface area (Å²) >= 11 is 1.51. The molecule has 0 spiro atoms. The molecule has 0 aliphatic rings. The van der Waals surface area contributed by atoms with Crippen molar-refractivity contribution in [3.05, 3.63) is 59.4 Å². The van der Waals surface area contributed by atoms with Crippen LogP contribution in [-0.4, -0.2) is 37.6 Å². The van der Waals surface area contributed by atoms with Gasteiger partial charge < -0.3 is 9.84 Å². The standard InChI is InChI=1S/C17H13FN6O2S/c18-12-5-2-1-4-11(12)16(25)19-7-8-24-10-13(21-23-24)17-20-15(22-26-17)14-6-3-9-27-14/h1-6,9-10H,7-8H2,(H,19,25). The molecule has 3 heterocycles. The molecule has 0 unspecified atom stereocenters. The number of rotatable bonds is 6. The number of nitrogens with zero attached hydrogens (tertiary/aromatic N) is 5. The number of benzene rings is 1. The van der Waals surface area contributed by atoms with Crippen molar-refractivity contribution in [2.75, 3.05) is 6.54 Å². The van der Waals surface area contributed by atoms with E-state index >= 15 is 0 Å². The third-order valence-corrected chi connectivity index (χ3v) is 4.54. The van der Waals surface area contributed by atoms with Gasteiger partial charge in [-0.2, -0.15) is 4.98 Å². The van der Waals surface area contributed by atoms with Gasteiger partial charge in [-0.25, -0.2) is 9.07 Å². The fraction of sp³-hybridized carbons (Fsp3) is 0.118. The summed E-state index contributed by atoms with van der Waals surface area (Å²) in [5, 5.41) is 16.5. The topological polar surface area (TPSA) is 98.7 Å². The van der Waals surface area contributed by atoms with Crippen LogP contribution >= 0.6 is 11.3 Å². The Kier molecular flexibility index (Phi) is 4.71. The minimum atomic E-state index is -0.559. The summed E-state index contributed by atoms with van der Waals surface area (Å²) in [7, 11) is 0. The van der Waals surface area contributed by atoms with Crippen LogP contribution in [0.5, 0.6) is 0 Å². The molecule has 0 aliphatic heterocycles. The number of halogens is 1. The average molecular weight is 384 g/mol. The molecule has 3 aromatic heterocycles. The van der Waals surface area contributed by atoms with Crippen LogP contribution in [0.3, 0.4) is 0 Å². The van der Waals surface area contributed by atoms with Crippen molar-refractivity contribution in [3.63, 3.8) is 0 Å². The van der Waals surface area contributed by atoms with E-state index in [1.807, 2.05) is 17.5 Å². The van der Waals surface area contributed by atoms with Gasteiger partial charge in [0.25, 0.3) is 11.8 Å². The number of nitrogens with one attached hydrogen (secondary N) is 1. The highest BCUT2D eigenvalue weighted by Gasteiger charge is 2.15. The molecular formula is C17H13FN6O2S. The van der Waals surface area contributed by atoms with Gasteiger partial charge in [0.05, 0.1) is 23.2 Å². The first kappa shape index (κ1) is 17.0. The normalized spacial score (nSPS) is 10.9. The van der Waals surface area contributed by atoms with Gasteiger partial charge in [0.1, 0.15) is 5.82 Å². The molecule has 4 rings (SSSR count). The highest BCUT2D eigenvalue weighted by Crippen LogP contribution is 2.24. The molecule has 1 N–H and O–H groups in total. The van der Waals surface area contributed by atoms with E-state index in [-0.39, 0.29) is 18.0 Å². The Hall–Kier alpha value is -3.40. The minimum Gasteiger partial charge on any atom is -0.350 e. The van der Waals surface area contributed by atoms with Crippen LogP contribution in [0.25, 0.3) is 22.3 Å². The molecule has 8 nitrogen and oxygen atoms in total. The van der Waals surface area contributed by atoms with E-state index in [4.69, 9.17) is 4.52 Å². The molecule has 1 amide bonds. The van der Waals surface area contributed by atoms with E-state index in [0.717, 1.165) is 4.88 Å². The summed E-state index contributed by atoms with van der Waals surface area (Å²) in [4.78, 5) is 17.2. The Balaban J connectivity index is 1.36. The molecular weight excluding hydrogens is 371 g/mol. The third-order valence-electron chi connectivity index (χ3n) is 3.67. The summed E-state index contributed by atoms with van der Waals surface area (Å²) in [5.74, 6) is -0.284. The van der Waals surface area contributed by atoms with E-state index < -0.39 is 11.7 Å². The fourth-order valence-electron chi connectivity index (χ4n) is 2.36. The van der Waals surface area contributed by atoms with Crippen LogP contribution in [0.1, 0.15) is 10.4 Å². The van der Waals surface area contributed by atoms with Gasteiger partial charge in [-0.3, -0.25) is 4.79 Å². The van der Waals surface area contributed by atoms with Crippen LogP contribution in [0, 0.1) is 5.82 Å². The van der Waals surface area contributed by atoms with Gasteiger partial charge in [-0.15, -0.1) is 16.4 Å². The monoisotopic (exact) mass is 384 g/mol. The van der Waals surface area contributed by atoms with E-state index in [1.165, 1.54) is 34.2 Å². The van der Waals surface area contributed by atoms with E-state index in [1.54, 1.807) is 12.3 Å². The lowest BCUT2D eigenvalue weighted by Gasteiger charge is -2.05. The SMILES string of the molecule is O=C(NCCn1cc(-c2nc(-c3cccs3)no2)nn1)c1ccccc1F. The zero-order valence-corrected chi connectivity index (χ0v) is 14.7. The third kappa shape index (κ3) is 3.75. The Bertz CT molecular complexity index is 1060. The van der Waals surface area contributed by atoms with Crippen molar-refractivity contribution >= 4 is 17.2 Å². The fourth-order valence-corrected chi connectivity index (χ4v) is 3.01. The van der Waals surface area contributed by atoms with E-state index in [2.05, 4.69) is 25.8 Å². The lowest BCUT2D eigenvalue weighted by molar-refractivity contribution is 0.0948. The first-order valence-electron chi connectivity index (χ1n) is 8.01. The van der Waals surface area contributed by atoms with Crippen molar-refractivity contribution in [3.8, 4) is 22.3 Å². The lowest BCUT2D eigenvalue weighted by Crippen LogP contribution is -2.28. The van der Waals surface area contributed by atoms with Crippen LogP contribution in [0.2, 0.25) is 0 Å². The van der Waals surface area contributed by atoms with Gasteiger partial charge >= 0.3 is 0 Å². The second kappa shape index (κ2) is 7.46. The molecule has 0 aliphatic carbocycles. The molecule has 136 valence electrons. The van der Waals surface area contributed by atoms with Crippen molar-refractivity contribution < 1.29 is 13.7 Å². The molecule has 0 fully saturated rings. The molecule has 27 heavy (non-hydrogen) atoms. The van der Waals surface area contributed by atoms with Crippen LogP contribution in [-0.2, 0) is 6.54 Å². The second-order valence-electron chi connectivity index (χ2n) is 5.50. The minimum absolute atomic E-state index is 0.00347. The summed E-state index contributed by atoms with van der Waals surface area (Å²) in [6, 6.07) is 9.61. The first-order valence-corrected chi connectivity index (χ1v) is 8.89. The Labute approximate surface area is 156 Å². The van der Waals surface area contributed by atoms with Gasteiger partial charge in [0.2, 0.25) is 5.82 Å². The average Bonchev–Trinajstić information content (AvgIpc) is 3.42. The molecule has 1 aromatic carbocycles. The number of carbonyl (C=O) groups excluding carboxylic acids is 1. The number of thiophene rings is 1. The molecule has 0 saturated carbocycles. The van der Waals surface area contributed by atoms with Crippen molar-refractivity contribution in [2.45, 2.75) is 6.54 Å². The maximum absolute atomic E-state index is 13.6. The molecule has 10 heteroatoms. The van der Waals surface area contributed by atoms with Crippen molar-refractivity contribution in [1.82, 2.24) is 30.5 Å². The summed E-state index contributed by atoms with van der Waals surface area (Å²) in [6.45, 7) is 0.624. The van der Waals surface area contributed by atoms with Crippen LogP contribution in [0.4, 0.5) is 4.39 Å². The maximum Gasteiger partial charge on any atom is 0.280 e. The van der Waals surface area contributed by atoms with Crippen LogP contribution < -0.4 is 5.32 Å². The van der Waals surface area contributed by atoms with Gasteiger partial charge in [-0.1, -0.05) is 28.6 Å². The Morgan fingerprint density at radius 1 is 1.26 bits per heavy atom. The number of amides is 1. The van der Waals surface area contributed by atoms with E-state index in [0.29, 0.717) is 18.1 Å². The number of hydrogen-bond donors (Lipinski definition) is 1. The van der Waals surface area contributed by atoms with Gasteiger partial charge in [0.15, 0.2) is 5.69 Å². The number of aromatic nitrogens is 5. The number of hydrogen-bond acceptors (Lipinski definition) is 7. The quantitative estimate of drug-likeness (QED) is 0.549. The van der Waals surface area contributed by atoms with Gasteiger partial charge in [-0.05, 0) is 23.6 Å². The molecule has 0 bridgehead atoms. The Morgan fingerprint density at radius 2 is 2.15 bits per heavy atom. The predicted octanol–water partition coefficient (Wildman–Crippen LogP) is 2.63. The highest BCUT2D eigenvalue weighted by molar-refractivity contribution is 7.13. The summed E-state index contributed by atoms with van der Waals surface area (Å²) in [6.07, 6.45) is 1.64.